The van der Waals surface area contributed by atoms with Gasteiger partial charge in [0.15, 0.2) is 0 Å². The highest BCUT2D eigenvalue weighted by Gasteiger charge is 2.15. The first-order valence-corrected chi connectivity index (χ1v) is 5.73. The number of nitrogens with one attached hydrogen (secondary N) is 1. The monoisotopic (exact) mass is 317 g/mol. The Hall–Kier alpha value is -1.05. The Kier molecular flexibility index (Phi) is 2.68. The Morgan fingerprint density at radius 1 is 1.60 bits per heavy atom. The Balaban J connectivity index is 2.58. The number of hydrogen-bond acceptors (Lipinski definition) is 3. The molecule has 0 atom stereocenters. The lowest BCUT2D eigenvalue weighted by Crippen LogP contribution is -1.94. The molecule has 80 valence electrons. The van der Waals surface area contributed by atoms with Crippen molar-refractivity contribution in [2.75, 3.05) is 5.73 Å². The van der Waals surface area contributed by atoms with Crippen LogP contribution in [0.25, 0.3) is 11.3 Å². The van der Waals surface area contributed by atoms with Crippen molar-refractivity contribution < 1.29 is 0 Å². The third kappa shape index (κ3) is 1.62. The molecule has 2 heterocycles. The molecule has 0 aliphatic rings. The van der Waals surface area contributed by atoms with E-state index in [1.807, 2.05) is 17.9 Å². The number of aryl methyl sites for hydroxylation is 1. The zero-order chi connectivity index (χ0) is 11.0. The standard InChI is InChI=1S/C9H12IN5/c1-3-5-7(13-14-9(5)11)6-4-12-15(2)8(6)10/h4H,3H2,1-2H3,(H3,11,13,14). The maximum atomic E-state index is 5.77. The quantitative estimate of drug-likeness (QED) is 0.826. The first-order valence-electron chi connectivity index (χ1n) is 4.65. The zero-order valence-electron chi connectivity index (χ0n) is 8.58. The molecule has 0 aliphatic heterocycles. The van der Waals surface area contributed by atoms with Gasteiger partial charge in [-0.25, -0.2) is 0 Å². The van der Waals surface area contributed by atoms with E-state index in [1.54, 1.807) is 0 Å². The van der Waals surface area contributed by atoms with Crippen LogP contribution in [0.1, 0.15) is 12.5 Å². The number of nitrogen functional groups attached to an aromatic ring is 1. The van der Waals surface area contributed by atoms with Crippen molar-refractivity contribution in [1.82, 2.24) is 20.0 Å². The topological polar surface area (TPSA) is 72.5 Å². The van der Waals surface area contributed by atoms with Gasteiger partial charge < -0.3 is 5.73 Å². The second-order valence-electron chi connectivity index (χ2n) is 3.29. The summed E-state index contributed by atoms with van der Waals surface area (Å²) in [5, 5.41) is 11.2. The van der Waals surface area contributed by atoms with E-state index in [4.69, 9.17) is 5.73 Å². The van der Waals surface area contributed by atoms with Crippen LogP contribution in [-0.4, -0.2) is 20.0 Å². The van der Waals surface area contributed by atoms with Crippen molar-refractivity contribution in [2.45, 2.75) is 13.3 Å². The highest BCUT2D eigenvalue weighted by atomic mass is 127. The van der Waals surface area contributed by atoms with Crippen LogP contribution in [0.5, 0.6) is 0 Å². The maximum Gasteiger partial charge on any atom is 0.149 e. The first-order chi connectivity index (χ1) is 7.15. The van der Waals surface area contributed by atoms with Gasteiger partial charge in [0, 0.05) is 12.6 Å². The van der Waals surface area contributed by atoms with Gasteiger partial charge in [0.05, 0.1) is 17.5 Å². The minimum absolute atomic E-state index is 0.576. The predicted octanol–water partition coefficient (Wildman–Crippen LogP) is 1.56. The van der Waals surface area contributed by atoms with Gasteiger partial charge >= 0.3 is 0 Å². The summed E-state index contributed by atoms with van der Waals surface area (Å²) in [7, 11) is 1.91. The highest BCUT2D eigenvalue weighted by Crippen LogP contribution is 2.28. The van der Waals surface area contributed by atoms with Crippen LogP contribution < -0.4 is 5.73 Å². The number of rotatable bonds is 2. The maximum absolute atomic E-state index is 5.77. The fraction of sp³-hybridized carbons (Fsp3) is 0.333. The third-order valence-electron chi connectivity index (χ3n) is 2.39. The molecule has 0 unspecified atom stereocenters. The molecule has 15 heavy (non-hydrogen) atoms. The number of anilines is 1. The van der Waals surface area contributed by atoms with Crippen LogP contribution >= 0.6 is 22.6 Å². The lowest BCUT2D eigenvalue weighted by molar-refractivity contribution is 0.748. The molecule has 5 nitrogen and oxygen atoms in total. The summed E-state index contributed by atoms with van der Waals surface area (Å²) in [6.07, 6.45) is 2.69. The highest BCUT2D eigenvalue weighted by molar-refractivity contribution is 14.1. The van der Waals surface area contributed by atoms with Crippen molar-refractivity contribution in [3.63, 3.8) is 0 Å². The SMILES string of the molecule is CCc1c(N)n[nH]c1-c1cnn(C)c1I. The zero-order valence-corrected chi connectivity index (χ0v) is 10.7. The van der Waals surface area contributed by atoms with Crippen LogP contribution in [0.2, 0.25) is 0 Å². The molecule has 6 heteroatoms. The molecule has 0 saturated carbocycles. The number of nitrogens with two attached hydrogens (primary N) is 1. The van der Waals surface area contributed by atoms with Gasteiger partial charge in [-0.1, -0.05) is 6.92 Å². The normalized spacial score (nSPS) is 10.9. The second-order valence-corrected chi connectivity index (χ2v) is 4.31. The molecule has 0 aliphatic carbocycles. The molecule has 0 aromatic carbocycles. The summed E-state index contributed by atoms with van der Waals surface area (Å²) < 4.78 is 2.90. The summed E-state index contributed by atoms with van der Waals surface area (Å²) in [5.41, 5.74) is 8.86. The van der Waals surface area contributed by atoms with Gasteiger partial charge in [0.2, 0.25) is 0 Å². The molecule has 0 saturated heterocycles. The van der Waals surface area contributed by atoms with Gasteiger partial charge in [0.1, 0.15) is 9.52 Å². The third-order valence-corrected chi connectivity index (χ3v) is 3.67. The summed E-state index contributed by atoms with van der Waals surface area (Å²) in [6, 6.07) is 0. The fourth-order valence-corrected chi connectivity index (χ4v) is 2.08. The Labute approximate surface area is 101 Å². The fourth-order valence-electron chi connectivity index (χ4n) is 1.55. The van der Waals surface area contributed by atoms with E-state index in [-0.39, 0.29) is 0 Å². The number of H-pyrrole nitrogens is 1. The minimum Gasteiger partial charge on any atom is -0.382 e. The summed E-state index contributed by atoms with van der Waals surface area (Å²) >= 11 is 2.26. The van der Waals surface area contributed by atoms with E-state index in [9.17, 15) is 0 Å². The average Bonchev–Trinajstić information content (AvgIpc) is 2.73. The number of halogens is 1. The lowest BCUT2D eigenvalue weighted by atomic mass is 10.1. The molecule has 0 fully saturated rings. The Morgan fingerprint density at radius 2 is 2.33 bits per heavy atom. The van der Waals surface area contributed by atoms with E-state index in [0.717, 1.165) is 26.9 Å². The van der Waals surface area contributed by atoms with Crippen LogP contribution in [-0.2, 0) is 13.5 Å². The smallest absolute Gasteiger partial charge is 0.149 e. The number of hydrogen-bond donors (Lipinski definition) is 2. The molecule has 0 amide bonds. The molecule has 0 radical (unpaired) electrons. The summed E-state index contributed by atoms with van der Waals surface area (Å²) in [5.74, 6) is 0.576. The van der Waals surface area contributed by atoms with Gasteiger partial charge in [-0.05, 0) is 29.0 Å². The van der Waals surface area contributed by atoms with Crippen LogP contribution in [0, 0.1) is 3.70 Å². The molecule has 2 aromatic heterocycles. The largest absolute Gasteiger partial charge is 0.382 e. The molecular formula is C9H12IN5. The van der Waals surface area contributed by atoms with Gasteiger partial charge in [0.25, 0.3) is 0 Å². The lowest BCUT2D eigenvalue weighted by Gasteiger charge is -1.99. The average molecular weight is 317 g/mol. The molecular weight excluding hydrogens is 305 g/mol. The van der Waals surface area contributed by atoms with Gasteiger partial charge in [-0.15, -0.1) is 0 Å². The number of aromatic nitrogens is 4. The molecule has 2 aromatic rings. The van der Waals surface area contributed by atoms with Crippen molar-refractivity contribution in [3.8, 4) is 11.3 Å². The summed E-state index contributed by atoms with van der Waals surface area (Å²) in [4.78, 5) is 0. The second kappa shape index (κ2) is 3.84. The van der Waals surface area contributed by atoms with Crippen LogP contribution in [0.3, 0.4) is 0 Å². The van der Waals surface area contributed by atoms with Gasteiger partial charge in [-0.2, -0.15) is 10.2 Å². The molecule has 2 rings (SSSR count). The summed E-state index contributed by atoms with van der Waals surface area (Å²) in [6.45, 7) is 2.06. The van der Waals surface area contributed by atoms with E-state index in [2.05, 4.69) is 44.8 Å². The van der Waals surface area contributed by atoms with Crippen LogP contribution in [0.4, 0.5) is 5.82 Å². The van der Waals surface area contributed by atoms with E-state index >= 15 is 0 Å². The van der Waals surface area contributed by atoms with Crippen molar-refractivity contribution in [3.05, 3.63) is 15.5 Å². The van der Waals surface area contributed by atoms with Crippen molar-refractivity contribution in [1.29, 1.82) is 0 Å². The number of aromatic amines is 1. The Bertz CT molecular complexity index is 485. The van der Waals surface area contributed by atoms with E-state index in [0.29, 0.717) is 5.82 Å². The van der Waals surface area contributed by atoms with Crippen molar-refractivity contribution >= 4 is 28.4 Å². The number of nitrogens with zero attached hydrogens (tertiary/aromatic N) is 3. The molecule has 3 N–H and O–H groups in total. The van der Waals surface area contributed by atoms with E-state index < -0.39 is 0 Å². The predicted molar refractivity (Wildman–Crippen MR) is 67.3 cm³/mol. The van der Waals surface area contributed by atoms with Crippen LogP contribution in [0.15, 0.2) is 6.20 Å². The van der Waals surface area contributed by atoms with Gasteiger partial charge in [-0.3, -0.25) is 9.78 Å². The molecule has 0 spiro atoms. The molecule has 0 bridgehead atoms. The minimum atomic E-state index is 0.576. The van der Waals surface area contributed by atoms with Crippen molar-refractivity contribution in [2.24, 2.45) is 7.05 Å². The Morgan fingerprint density at radius 3 is 2.87 bits per heavy atom. The van der Waals surface area contributed by atoms with E-state index in [1.165, 1.54) is 0 Å². The first kappa shape index (κ1) is 10.5.